The highest BCUT2D eigenvalue weighted by Crippen LogP contribution is 2.19. The topological polar surface area (TPSA) is 61.8 Å². The van der Waals surface area contributed by atoms with Crippen LogP contribution in [-0.2, 0) is 9.53 Å². The molecule has 0 saturated carbocycles. The maximum atomic E-state index is 11.9. The lowest BCUT2D eigenvalue weighted by Crippen LogP contribution is -2.17. The largest absolute Gasteiger partial charge is 0.482 e. The first-order valence-corrected chi connectivity index (χ1v) is 8.59. The van der Waals surface area contributed by atoms with Gasteiger partial charge in [0.15, 0.2) is 6.61 Å². The van der Waals surface area contributed by atoms with Crippen molar-refractivity contribution in [2.45, 2.75) is 39.7 Å². The van der Waals surface area contributed by atoms with Crippen LogP contribution in [0.25, 0.3) is 0 Å². The number of rotatable bonds is 7. The third-order valence-corrected chi connectivity index (χ3v) is 3.57. The van der Waals surface area contributed by atoms with Gasteiger partial charge < -0.3 is 14.2 Å². The van der Waals surface area contributed by atoms with Crippen LogP contribution in [0.15, 0.2) is 48.5 Å². The summed E-state index contributed by atoms with van der Waals surface area (Å²) >= 11 is 0. The Labute approximate surface area is 153 Å². The van der Waals surface area contributed by atoms with Crippen LogP contribution in [0.4, 0.5) is 0 Å². The fraction of sp³-hybridized carbons (Fsp3) is 0.333. The van der Waals surface area contributed by atoms with E-state index in [2.05, 4.69) is 13.8 Å². The summed E-state index contributed by atoms with van der Waals surface area (Å²) in [6.07, 6.45) is -0.188. The van der Waals surface area contributed by atoms with E-state index in [0.29, 0.717) is 23.0 Å². The highest BCUT2D eigenvalue weighted by molar-refractivity contribution is 5.89. The summed E-state index contributed by atoms with van der Waals surface area (Å²) in [5, 5.41) is 0. The lowest BCUT2D eigenvalue weighted by molar-refractivity contribution is -0.136. The van der Waals surface area contributed by atoms with Crippen molar-refractivity contribution in [3.63, 3.8) is 0 Å². The van der Waals surface area contributed by atoms with E-state index >= 15 is 0 Å². The van der Waals surface area contributed by atoms with E-state index in [1.807, 2.05) is 24.3 Å². The molecule has 138 valence electrons. The van der Waals surface area contributed by atoms with Gasteiger partial charge in [0, 0.05) is 0 Å². The molecule has 0 fully saturated rings. The number of hydrogen-bond acceptors (Lipinski definition) is 5. The van der Waals surface area contributed by atoms with Crippen molar-refractivity contribution in [1.82, 2.24) is 0 Å². The fourth-order valence-corrected chi connectivity index (χ4v) is 2.19. The minimum absolute atomic E-state index is 0.188. The summed E-state index contributed by atoms with van der Waals surface area (Å²) in [7, 11) is 0. The smallest absolute Gasteiger partial charge is 0.349 e. The van der Waals surface area contributed by atoms with E-state index < -0.39 is 11.9 Å². The van der Waals surface area contributed by atoms with Crippen molar-refractivity contribution in [1.29, 1.82) is 0 Å². The number of carbonyl (C=O) groups is 2. The minimum Gasteiger partial charge on any atom is -0.482 e. The van der Waals surface area contributed by atoms with Crippen LogP contribution in [0.3, 0.4) is 0 Å². The van der Waals surface area contributed by atoms with Gasteiger partial charge in [-0.3, -0.25) is 0 Å². The molecule has 0 amide bonds. The van der Waals surface area contributed by atoms with Crippen molar-refractivity contribution >= 4 is 11.9 Å². The van der Waals surface area contributed by atoms with E-state index in [1.165, 1.54) is 5.56 Å². The van der Waals surface area contributed by atoms with Gasteiger partial charge >= 0.3 is 11.9 Å². The Balaban J connectivity index is 1.84. The Morgan fingerprint density at radius 2 is 1.42 bits per heavy atom. The molecule has 0 atom stereocenters. The molecule has 0 aliphatic rings. The SMILES string of the molecule is CC(C)OC(=O)c1ccc(OC(=O)COc2ccc(C(C)C)cc2)cc1. The van der Waals surface area contributed by atoms with E-state index in [9.17, 15) is 9.59 Å². The molecule has 0 heterocycles. The zero-order chi connectivity index (χ0) is 19.1. The summed E-state index contributed by atoms with van der Waals surface area (Å²) in [5.41, 5.74) is 1.61. The van der Waals surface area contributed by atoms with E-state index in [1.54, 1.807) is 38.1 Å². The highest BCUT2D eigenvalue weighted by atomic mass is 16.6. The van der Waals surface area contributed by atoms with Crippen LogP contribution in [0.1, 0.15) is 49.5 Å². The zero-order valence-electron chi connectivity index (χ0n) is 15.5. The Kier molecular flexibility index (Phi) is 6.78. The van der Waals surface area contributed by atoms with Crippen LogP contribution in [0, 0.1) is 0 Å². The van der Waals surface area contributed by atoms with Crippen LogP contribution in [0.5, 0.6) is 11.5 Å². The summed E-state index contributed by atoms with van der Waals surface area (Å²) in [5.74, 6) is 0.462. The number of esters is 2. The second kappa shape index (κ2) is 9.04. The quantitative estimate of drug-likeness (QED) is 0.545. The van der Waals surface area contributed by atoms with Crippen LogP contribution in [-0.4, -0.2) is 24.6 Å². The minimum atomic E-state index is -0.518. The number of carbonyl (C=O) groups excluding carboxylic acids is 2. The number of benzene rings is 2. The highest BCUT2D eigenvalue weighted by Gasteiger charge is 2.11. The fourth-order valence-electron chi connectivity index (χ4n) is 2.19. The van der Waals surface area contributed by atoms with Crippen LogP contribution < -0.4 is 9.47 Å². The summed E-state index contributed by atoms with van der Waals surface area (Å²) in [6.45, 7) is 7.59. The molecule has 0 N–H and O–H groups in total. The zero-order valence-corrected chi connectivity index (χ0v) is 15.5. The Morgan fingerprint density at radius 3 is 1.96 bits per heavy atom. The molecular weight excluding hydrogens is 332 g/mol. The number of hydrogen-bond donors (Lipinski definition) is 0. The molecule has 2 aromatic rings. The molecule has 5 nitrogen and oxygen atoms in total. The molecule has 0 aliphatic heterocycles. The molecular formula is C21H24O5. The van der Waals surface area contributed by atoms with Gasteiger partial charge in [-0.2, -0.15) is 0 Å². The number of ether oxygens (including phenoxy) is 3. The predicted molar refractivity (Wildman–Crippen MR) is 98.7 cm³/mol. The molecule has 5 heteroatoms. The molecule has 0 spiro atoms. The molecule has 0 saturated heterocycles. The van der Waals surface area contributed by atoms with E-state index in [4.69, 9.17) is 14.2 Å². The maximum absolute atomic E-state index is 11.9. The van der Waals surface area contributed by atoms with Gasteiger partial charge in [-0.15, -0.1) is 0 Å². The third kappa shape index (κ3) is 5.92. The Bertz CT molecular complexity index is 730. The van der Waals surface area contributed by atoms with E-state index in [-0.39, 0.29) is 12.7 Å². The maximum Gasteiger partial charge on any atom is 0.349 e. The Morgan fingerprint density at radius 1 is 0.846 bits per heavy atom. The normalized spacial score (nSPS) is 10.7. The average Bonchev–Trinajstić information content (AvgIpc) is 2.60. The van der Waals surface area contributed by atoms with Gasteiger partial charge in [0.25, 0.3) is 0 Å². The molecule has 0 unspecified atom stereocenters. The molecule has 0 radical (unpaired) electrons. The monoisotopic (exact) mass is 356 g/mol. The second-order valence-electron chi connectivity index (χ2n) is 6.46. The van der Waals surface area contributed by atoms with Gasteiger partial charge in [-0.1, -0.05) is 26.0 Å². The molecule has 26 heavy (non-hydrogen) atoms. The third-order valence-electron chi connectivity index (χ3n) is 3.57. The van der Waals surface area contributed by atoms with Crippen molar-refractivity contribution in [3.05, 3.63) is 59.7 Å². The lowest BCUT2D eigenvalue weighted by Gasteiger charge is -2.10. The van der Waals surface area contributed by atoms with E-state index in [0.717, 1.165) is 0 Å². The van der Waals surface area contributed by atoms with Crippen LogP contribution >= 0.6 is 0 Å². The summed E-state index contributed by atoms with van der Waals surface area (Å²) in [4.78, 5) is 23.7. The second-order valence-corrected chi connectivity index (χ2v) is 6.46. The van der Waals surface area contributed by atoms with Gasteiger partial charge in [0.05, 0.1) is 11.7 Å². The lowest BCUT2D eigenvalue weighted by atomic mass is 10.0. The van der Waals surface area contributed by atoms with Crippen LogP contribution in [0.2, 0.25) is 0 Å². The van der Waals surface area contributed by atoms with Crippen molar-refractivity contribution in [3.8, 4) is 11.5 Å². The molecule has 2 rings (SSSR count). The predicted octanol–water partition coefficient (Wildman–Crippen LogP) is 4.36. The Hall–Kier alpha value is -2.82. The van der Waals surface area contributed by atoms with Gasteiger partial charge in [0.2, 0.25) is 0 Å². The first-order valence-electron chi connectivity index (χ1n) is 8.59. The summed E-state index contributed by atoms with van der Waals surface area (Å²) in [6, 6.07) is 13.8. The van der Waals surface area contributed by atoms with Crippen molar-refractivity contribution in [2.75, 3.05) is 6.61 Å². The molecule has 0 aliphatic carbocycles. The molecule has 0 aromatic heterocycles. The van der Waals surface area contributed by atoms with Crippen molar-refractivity contribution in [2.24, 2.45) is 0 Å². The summed E-state index contributed by atoms with van der Waals surface area (Å²) < 4.78 is 15.7. The van der Waals surface area contributed by atoms with Gasteiger partial charge in [-0.05, 0) is 61.7 Å². The van der Waals surface area contributed by atoms with Crippen molar-refractivity contribution < 1.29 is 23.8 Å². The average molecular weight is 356 g/mol. The van der Waals surface area contributed by atoms with Gasteiger partial charge in [-0.25, -0.2) is 9.59 Å². The first kappa shape index (κ1) is 19.5. The standard InChI is InChI=1S/C21H24O5/c1-14(2)16-5-9-18(10-6-16)24-13-20(22)26-19-11-7-17(8-12-19)21(23)25-15(3)4/h5-12,14-15H,13H2,1-4H3. The molecule has 0 bridgehead atoms. The molecule has 2 aromatic carbocycles. The van der Waals surface area contributed by atoms with Gasteiger partial charge in [0.1, 0.15) is 11.5 Å². The first-order chi connectivity index (χ1) is 12.3.